The summed E-state index contributed by atoms with van der Waals surface area (Å²) in [6.45, 7) is 4.58. The highest BCUT2D eigenvalue weighted by atomic mass is 14.1. The average molecular weight is 553 g/mol. The summed E-state index contributed by atoms with van der Waals surface area (Å²) in [5.74, 6) is 0. The maximum atomic E-state index is 2.43. The van der Waals surface area contributed by atoms with Crippen molar-refractivity contribution in [1.82, 2.24) is 0 Å². The summed E-state index contributed by atoms with van der Waals surface area (Å²) in [5, 5.41) is 13.7. The van der Waals surface area contributed by atoms with Crippen LogP contribution in [-0.2, 0) is 12.8 Å². The second-order valence-corrected chi connectivity index (χ2v) is 12.7. The number of hydrogen-bond acceptors (Lipinski definition) is 0. The highest BCUT2D eigenvalue weighted by Crippen LogP contribution is 2.37. The van der Waals surface area contributed by atoms with Crippen LogP contribution in [-0.4, -0.2) is 0 Å². The number of rotatable bonds is 14. The quantitative estimate of drug-likeness (QED) is 0.0931. The van der Waals surface area contributed by atoms with Crippen molar-refractivity contribution < 1.29 is 0 Å². The number of unbranched alkanes of at least 4 members (excludes halogenated alkanes) is 10. The van der Waals surface area contributed by atoms with Crippen LogP contribution >= 0.6 is 0 Å². The third-order valence-corrected chi connectivity index (χ3v) is 9.59. The topological polar surface area (TPSA) is 0 Å². The average Bonchev–Trinajstić information content (AvgIpc) is 3.03. The van der Waals surface area contributed by atoms with Gasteiger partial charge in [-0.1, -0.05) is 163 Å². The van der Waals surface area contributed by atoms with E-state index in [1.807, 2.05) is 0 Å². The minimum Gasteiger partial charge on any atom is -0.0654 e. The van der Waals surface area contributed by atoms with Crippen LogP contribution in [0.15, 0.2) is 84.9 Å². The minimum atomic E-state index is 1.19. The van der Waals surface area contributed by atoms with Crippen LogP contribution in [0, 0.1) is 0 Å². The number of fused-ring (bicyclic) bond motifs is 9. The summed E-state index contributed by atoms with van der Waals surface area (Å²) in [6.07, 6.45) is 18.6. The van der Waals surface area contributed by atoms with Crippen molar-refractivity contribution in [3.8, 4) is 0 Å². The standard InChI is InChI=1S/C42H48/c1-3-5-7-9-11-13-15-31-17-21-35-33(29-31)19-23-39-37(35)25-27-42-40-24-20-34-30-32(16-14-12-10-8-6-4-2)18-22-36(34)38(40)26-28-41(39)42/h17-30H,3-16H2,1-2H3. The molecule has 0 fully saturated rings. The molecule has 0 aromatic heterocycles. The fourth-order valence-electron chi connectivity index (χ4n) is 7.15. The Balaban J connectivity index is 1.25. The molecule has 0 amide bonds. The lowest BCUT2D eigenvalue weighted by Crippen LogP contribution is -1.89. The Morgan fingerprint density at radius 2 is 0.619 bits per heavy atom. The first kappa shape index (κ1) is 28.7. The van der Waals surface area contributed by atoms with E-state index in [1.54, 1.807) is 0 Å². The van der Waals surface area contributed by atoms with E-state index in [9.17, 15) is 0 Å². The third-order valence-electron chi connectivity index (χ3n) is 9.59. The molecule has 0 aliphatic heterocycles. The molecule has 42 heavy (non-hydrogen) atoms. The number of hydrogen-bond donors (Lipinski definition) is 0. The highest BCUT2D eigenvalue weighted by Gasteiger charge is 2.10. The van der Waals surface area contributed by atoms with Gasteiger partial charge in [-0.05, 0) is 90.7 Å². The van der Waals surface area contributed by atoms with Crippen molar-refractivity contribution in [2.75, 3.05) is 0 Å². The van der Waals surface area contributed by atoms with E-state index in [2.05, 4.69) is 98.8 Å². The molecule has 6 aromatic carbocycles. The Morgan fingerprint density at radius 1 is 0.310 bits per heavy atom. The van der Waals surface area contributed by atoms with Gasteiger partial charge in [0, 0.05) is 0 Å². The molecule has 0 heterocycles. The maximum Gasteiger partial charge on any atom is -0.00987 e. The molecule has 0 unspecified atom stereocenters. The third kappa shape index (κ3) is 6.19. The van der Waals surface area contributed by atoms with E-state index in [-0.39, 0.29) is 0 Å². The first-order chi connectivity index (χ1) is 20.8. The summed E-state index contributed by atoms with van der Waals surface area (Å²) in [7, 11) is 0. The second-order valence-electron chi connectivity index (χ2n) is 12.7. The van der Waals surface area contributed by atoms with Gasteiger partial charge in [0.1, 0.15) is 0 Å². The molecule has 0 bridgehead atoms. The normalized spacial score (nSPS) is 12.0. The van der Waals surface area contributed by atoms with Crippen LogP contribution in [0.5, 0.6) is 0 Å². The number of benzene rings is 6. The predicted octanol–water partition coefficient (Wildman–Crippen LogP) is 13.3. The molecule has 0 saturated carbocycles. The van der Waals surface area contributed by atoms with Crippen molar-refractivity contribution in [2.24, 2.45) is 0 Å². The molecular formula is C42H48. The van der Waals surface area contributed by atoms with Gasteiger partial charge in [-0.3, -0.25) is 0 Å². The molecule has 0 aliphatic rings. The van der Waals surface area contributed by atoms with E-state index in [1.165, 1.54) is 155 Å². The van der Waals surface area contributed by atoms with Gasteiger partial charge in [-0.2, -0.15) is 0 Å². The second kappa shape index (κ2) is 13.7. The Hall–Kier alpha value is -3.38. The van der Waals surface area contributed by atoms with Gasteiger partial charge in [-0.25, -0.2) is 0 Å². The Labute approximate surface area is 253 Å². The number of aryl methyl sites for hydroxylation is 2. The summed E-state index contributed by atoms with van der Waals surface area (Å²) < 4.78 is 0. The van der Waals surface area contributed by atoms with Gasteiger partial charge in [0.15, 0.2) is 0 Å². The molecule has 0 nitrogen and oxygen atoms in total. The maximum absolute atomic E-state index is 2.43. The van der Waals surface area contributed by atoms with Crippen LogP contribution < -0.4 is 0 Å². The predicted molar refractivity (Wildman–Crippen MR) is 188 cm³/mol. The van der Waals surface area contributed by atoms with Crippen LogP contribution in [0.3, 0.4) is 0 Å². The molecule has 6 rings (SSSR count). The van der Waals surface area contributed by atoms with Gasteiger partial charge >= 0.3 is 0 Å². The van der Waals surface area contributed by atoms with Crippen LogP contribution in [0.4, 0.5) is 0 Å². The van der Waals surface area contributed by atoms with E-state index in [0.717, 1.165) is 0 Å². The molecule has 0 heteroatoms. The van der Waals surface area contributed by atoms with Gasteiger partial charge < -0.3 is 0 Å². The lowest BCUT2D eigenvalue weighted by atomic mass is 9.91. The molecule has 0 radical (unpaired) electrons. The van der Waals surface area contributed by atoms with E-state index in [4.69, 9.17) is 0 Å². The zero-order valence-electron chi connectivity index (χ0n) is 26.0. The monoisotopic (exact) mass is 552 g/mol. The van der Waals surface area contributed by atoms with Gasteiger partial charge in [0.25, 0.3) is 0 Å². The van der Waals surface area contributed by atoms with Crippen molar-refractivity contribution in [2.45, 2.75) is 104 Å². The van der Waals surface area contributed by atoms with E-state index >= 15 is 0 Å². The first-order valence-corrected chi connectivity index (χ1v) is 17.0. The van der Waals surface area contributed by atoms with Gasteiger partial charge in [-0.15, -0.1) is 0 Å². The fourth-order valence-corrected chi connectivity index (χ4v) is 7.15. The molecule has 0 aliphatic carbocycles. The lowest BCUT2D eigenvalue weighted by molar-refractivity contribution is 0.607. The van der Waals surface area contributed by atoms with E-state index in [0.29, 0.717) is 0 Å². The molecular weight excluding hydrogens is 504 g/mol. The largest absolute Gasteiger partial charge is 0.0654 e. The van der Waals surface area contributed by atoms with E-state index < -0.39 is 0 Å². The fraction of sp³-hybridized carbons (Fsp3) is 0.381. The molecule has 0 atom stereocenters. The Morgan fingerprint density at radius 3 is 1.02 bits per heavy atom. The lowest BCUT2D eigenvalue weighted by Gasteiger charge is -2.13. The smallest absolute Gasteiger partial charge is 0.00987 e. The molecule has 0 spiro atoms. The Kier molecular flexibility index (Phi) is 9.39. The zero-order valence-corrected chi connectivity index (χ0v) is 26.0. The molecule has 0 saturated heterocycles. The van der Waals surface area contributed by atoms with Crippen molar-refractivity contribution in [3.63, 3.8) is 0 Å². The first-order valence-electron chi connectivity index (χ1n) is 17.0. The minimum absolute atomic E-state index is 1.19. The summed E-state index contributed by atoms with van der Waals surface area (Å²) >= 11 is 0. The van der Waals surface area contributed by atoms with Gasteiger partial charge in [0.05, 0.1) is 0 Å². The molecule has 216 valence electrons. The van der Waals surface area contributed by atoms with Gasteiger partial charge in [0.2, 0.25) is 0 Å². The summed E-state index contributed by atoms with van der Waals surface area (Å²) in [6, 6.07) is 33.2. The molecule has 6 aromatic rings. The zero-order chi connectivity index (χ0) is 28.7. The van der Waals surface area contributed by atoms with Crippen molar-refractivity contribution >= 4 is 53.9 Å². The van der Waals surface area contributed by atoms with Crippen molar-refractivity contribution in [1.29, 1.82) is 0 Å². The van der Waals surface area contributed by atoms with Crippen LogP contribution in [0.1, 0.15) is 102 Å². The van der Waals surface area contributed by atoms with Crippen LogP contribution in [0.2, 0.25) is 0 Å². The Bertz CT molecular complexity index is 1670. The van der Waals surface area contributed by atoms with Crippen LogP contribution in [0.25, 0.3) is 53.9 Å². The molecule has 0 N–H and O–H groups in total. The summed E-state index contributed by atoms with van der Waals surface area (Å²) in [4.78, 5) is 0. The summed E-state index contributed by atoms with van der Waals surface area (Å²) in [5.41, 5.74) is 2.96. The SMILES string of the molecule is CCCCCCCCc1ccc2c(ccc3c2ccc2c4ccc5cc(CCCCCCCC)ccc5c4ccc32)c1. The van der Waals surface area contributed by atoms with Crippen molar-refractivity contribution in [3.05, 3.63) is 96.1 Å². The highest BCUT2D eigenvalue weighted by molar-refractivity contribution is 6.24.